The Morgan fingerprint density at radius 1 is 1.61 bits per heavy atom. The number of amides is 1. The molecule has 2 rings (SSSR count). The highest BCUT2D eigenvalue weighted by atomic mass is 79.9. The average Bonchev–Trinajstić information content (AvgIpc) is 2.81. The summed E-state index contributed by atoms with van der Waals surface area (Å²) in [5.74, 6) is -0.601. The third-order valence-electron chi connectivity index (χ3n) is 3.22. The number of hydrogen-bond donors (Lipinski definition) is 1. The fraction of sp³-hybridized carbons (Fsp3) is 0.462. The van der Waals surface area contributed by atoms with Crippen molar-refractivity contribution in [1.82, 2.24) is 5.32 Å². The van der Waals surface area contributed by atoms with Crippen LogP contribution in [0.15, 0.2) is 22.7 Å². The molecular formula is C13H15BrFNO2. The maximum Gasteiger partial charge on any atom is 0.255 e. The van der Waals surface area contributed by atoms with E-state index in [1.165, 1.54) is 6.07 Å². The predicted octanol–water partition coefficient (Wildman–Crippen LogP) is 2.74. The van der Waals surface area contributed by atoms with E-state index >= 15 is 0 Å². The molecule has 0 aliphatic carbocycles. The Kier molecular flexibility index (Phi) is 4.35. The van der Waals surface area contributed by atoms with Gasteiger partial charge in [0.2, 0.25) is 0 Å². The van der Waals surface area contributed by atoms with Crippen molar-refractivity contribution in [1.29, 1.82) is 0 Å². The summed E-state index contributed by atoms with van der Waals surface area (Å²) < 4.78 is 19.4. The van der Waals surface area contributed by atoms with Gasteiger partial charge in [0.05, 0.1) is 12.2 Å². The van der Waals surface area contributed by atoms with Gasteiger partial charge in [-0.15, -0.1) is 0 Å². The summed E-state index contributed by atoms with van der Waals surface area (Å²) in [5.41, 5.74) is 0.0586. The topological polar surface area (TPSA) is 38.3 Å². The number of carbonyl (C=O) groups is 1. The zero-order chi connectivity index (χ0) is 13.1. The Morgan fingerprint density at radius 2 is 2.39 bits per heavy atom. The first-order valence-electron chi connectivity index (χ1n) is 5.92. The van der Waals surface area contributed by atoms with Crippen molar-refractivity contribution in [2.24, 2.45) is 5.92 Å². The molecule has 1 aliphatic rings. The molecule has 1 amide bonds. The second-order valence-electron chi connectivity index (χ2n) is 4.48. The molecule has 3 nitrogen and oxygen atoms in total. The summed E-state index contributed by atoms with van der Waals surface area (Å²) >= 11 is 3.20. The van der Waals surface area contributed by atoms with E-state index in [0.29, 0.717) is 17.0 Å². The van der Waals surface area contributed by atoms with Crippen molar-refractivity contribution in [3.63, 3.8) is 0 Å². The van der Waals surface area contributed by atoms with Crippen LogP contribution in [0.3, 0.4) is 0 Å². The number of halogens is 2. The molecule has 1 heterocycles. The van der Waals surface area contributed by atoms with Crippen molar-refractivity contribution in [3.8, 4) is 0 Å². The summed E-state index contributed by atoms with van der Waals surface area (Å²) in [7, 11) is 0. The van der Waals surface area contributed by atoms with Crippen LogP contribution in [0.5, 0.6) is 0 Å². The molecular weight excluding hydrogens is 301 g/mol. The smallest absolute Gasteiger partial charge is 0.255 e. The standard InChI is InChI=1S/C13H15BrFNO2/c1-8(9-5-6-18-7-9)16-13(17)12-10(14)3-2-4-11(12)15/h2-4,8-9H,5-7H2,1H3,(H,16,17). The molecule has 0 saturated carbocycles. The van der Waals surface area contributed by atoms with E-state index in [4.69, 9.17) is 4.74 Å². The molecule has 98 valence electrons. The minimum absolute atomic E-state index is 0.0218. The van der Waals surface area contributed by atoms with Gasteiger partial charge in [0.25, 0.3) is 5.91 Å². The summed E-state index contributed by atoms with van der Waals surface area (Å²) in [6.07, 6.45) is 0.930. The van der Waals surface area contributed by atoms with Crippen LogP contribution < -0.4 is 5.32 Å². The molecule has 1 aromatic carbocycles. The highest BCUT2D eigenvalue weighted by Crippen LogP contribution is 2.21. The zero-order valence-corrected chi connectivity index (χ0v) is 11.7. The van der Waals surface area contributed by atoms with Crippen LogP contribution >= 0.6 is 15.9 Å². The maximum atomic E-state index is 13.6. The van der Waals surface area contributed by atoms with E-state index in [1.807, 2.05) is 6.92 Å². The van der Waals surface area contributed by atoms with Gasteiger partial charge in [0.15, 0.2) is 0 Å². The second-order valence-corrected chi connectivity index (χ2v) is 5.34. The van der Waals surface area contributed by atoms with E-state index in [-0.39, 0.29) is 17.5 Å². The van der Waals surface area contributed by atoms with Crippen LogP contribution in [0.1, 0.15) is 23.7 Å². The van der Waals surface area contributed by atoms with Gasteiger partial charge in [-0.3, -0.25) is 4.79 Å². The second kappa shape index (κ2) is 5.80. The van der Waals surface area contributed by atoms with Crippen LogP contribution in [0.4, 0.5) is 4.39 Å². The molecule has 1 fully saturated rings. The SMILES string of the molecule is CC(NC(=O)c1c(F)cccc1Br)C1CCOC1. The van der Waals surface area contributed by atoms with Crippen molar-refractivity contribution >= 4 is 21.8 Å². The Hall–Kier alpha value is -0.940. The quantitative estimate of drug-likeness (QED) is 0.931. The molecule has 5 heteroatoms. The van der Waals surface area contributed by atoms with E-state index in [2.05, 4.69) is 21.2 Å². The molecule has 1 saturated heterocycles. The third kappa shape index (κ3) is 2.90. The Bertz CT molecular complexity index is 426. The summed E-state index contributed by atoms with van der Waals surface area (Å²) in [6, 6.07) is 4.47. The largest absolute Gasteiger partial charge is 0.381 e. The normalized spacial score (nSPS) is 20.7. The van der Waals surface area contributed by atoms with E-state index in [9.17, 15) is 9.18 Å². The number of benzene rings is 1. The molecule has 1 aliphatic heterocycles. The van der Waals surface area contributed by atoms with Crippen LogP contribution in [-0.4, -0.2) is 25.2 Å². The molecule has 2 atom stereocenters. The lowest BCUT2D eigenvalue weighted by Gasteiger charge is -2.19. The fourth-order valence-electron chi connectivity index (χ4n) is 2.06. The molecule has 2 unspecified atom stereocenters. The Balaban J connectivity index is 2.07. The highest BCUT2D eigenvalue weighted by molar-refractivity contribution is 9.10. The first-order chi connectivity index (χ1) is 8.59. The van der Waals surface area contributed by atoms with E-state index < -0.39 is 5.82 Å². The van der Waals surface area contributed by atoms with Gasteiger partial charge in [-0.05, 0) is 41.4 Å². The summed E-state index contributed by atoms with van der Waals surface area (Å²) in [5, 5.41) is 2.83. The number of hydrogen-bond acceptors (Lipinski definition) is 2. The van der Waals surface area contributed by atoms with Gasteiger partial charge in [-0.25, -0.2) is 4.39 Å². The summed E-state index contributed by atoms with van der Waals surface area (Å²) in [4.78, 5) is 12.0. The zero-order valence-electron chi connectivity index (χ0n) is 10.1. The van der Waals surface area contributed by atoms with Gasteiger partial charge >= 0.3 is 0 Å². The molecule has 0 aromatic heterocycles. The number of ether oxygens (including phenoxy) is 1. The number of nitrogens with one attached hydrogen (secondary N) is 1. The lowest BCUT2D eigenvalue weighted by Crippen LogP contribution is -2.38. The van der Waals surface area contributed by atoms with Crippen LogP contribution in [0.2, 0.25) is 0 Å². The molecule has 1 N–H and O–H groups in total. The molecule has 0 radical (unpaired) electrons. The minimum atomic E-state index is -0.517. The third-order valence-corrected chi connectivity index (χ3v) is 3.88. The minimum Gasteiger partial charge on any atom is -0.381 e. The van der Waals surface area contributed by atoms with Gasteiger partial charge in [0.1, 0.15) is 5.82 Å². The van der Waals surface area contributed by atoms with Gasteiger partial charge in [0, 0.05) is 23.0 Å². The molecule has 0 spiro atoms. The van der Waals surface area contributed by atoms with Crippen LogP contribution in [-0.2, 0) is 4.74 Å². The first-order valence-corrected chi connectivity index (χ1v) is 6.71. The Morgan fingerprint density at radius 3 is 3.00 bits per heavy atom. The van der Waals surface area contributed by atoms with Crippen LogP contribution in [0.25, 0.3) is 0 Å². The van der Waals surface area contributed by atoms with E-state index in [0.717, 1.165) is 13.0 Å². The van der Waals surface area contributed by atoms with Crippen molar-refractivity contribution in [3.05, 3.63) is 34.1 Å². The van der Waals surface area contributed by atoms with Crippen LogP contribution in [0, 0.1) is 11.7 Å². The maximum absolute atomic E-state index is 13.6. The fourth-order valence-corrected chi connectivity index (χ4v) is 2.58. The predicted molar refractivity (Wildman–Crippen MR) is 70.0 cm³/mol. The summed E-state index contributed by atoms with van der Waals surface area (Å²) in [6.45, 7) is 3.31. The number of carbonyl (C=O) groups excluding carboxylic acids is 1. The molecule has 1 aromatic rings. The van der Waals surface area contributed by atoms with Crippen molar-refractivity contribution in [2.75, 3.05) is 13.2 Å². The van der Waals surface area contributed by atoms with Gasteiger partial charge in [-0.2, -0.15) is 0 Å². The highest BCUT2D eigenvalue weighted by Gasteiger charge is 2.25. The van der Waals surface area contributed by atoms with Crippen molar-refractivity contribution in [2.45, 2.75) is 19.4 Å². The lowest BCUT2D eigenvalue weighted by molar-refractivity contribution is 0.0917. The van der Waals surface area contributed by atoms with Crippen molar-refractivity contribution < 1.29 is 13.9 Å². The first kappa shape index (κ1) is 13.5. The molecule has 0 bridgehead atoms. The van der Waals surface area contributed by atoms with Gasteiger partial charge < -0.3 is 10.1 Å². The monoisotopic (exact) mass is 315 g/mol. The number of rotatable bonds is 3. The Labute approximate surface area is 114 Å². The van der Waals surface area contributed by atoms with E-state index in [1.54, 1.807) is 12.1 Å². The molecule has 18 heavy (non-hydrogen) atoms. The average molecular weight is 316 g/mol. The van der Waals surface area contributed by atoms with Gasteiger partial charge in [-0.1, -0.05) is 6.07 Å². The lowest BCUT2D eigenvalue weighted by atomic mass is 10.0.